The first-order chi connectivity index (χ1) is 13.7. The number of para-hydroxylation sites is 1. The Morgan fingerprint density at radius 3 is 2.50 bits per heavy atom. The number of hydrogen-bond donors (Lipinski definition) is 1. The van der Waals surface area contributed by atoms with Gasteiger partial charge in [-0.25, -0.2) is 4.98 Å². The normalized spacial score (nSPS) is 10.6. The molecule has 4 rings (SSSR count). The van der Waals surface area contributed by atoms with E-state index >= 15 is 0 Å². The van der Waals surface area contributed by atoms with Crippen LogP contribution in [0.4, 0.5) is 5.69 Å². The van der Waals surface area contributed by atoms with E-state index in [0.717, 1.165) is 5.56 Å². The Balaban J connectivity index is 1.60. The van der Waals surface area contributed by atoms with Crippen LogP contribution >= 0.6 is 0 Å². The summed E-state index contributed by atoms with van der Waals surface area (Å²) in [6.07, 6.45) is 0. The van der Waals surface area contributed by atoms with Crippen LogP contribution in [0.1, 0.15) is 10.4 Å². The van der Waals surface area contributed by atoms with Crippen LogP contribution in [0.5, 0.6) is 11.5 Å². The van der Waals surface area contributed by atoms with E-state index in [-0.39, 0.29) is 5.91 Å². The molecule has 0 fully saturated rings. The van der Waals surface area contributed by atoms with E-state index in [1.807, 2.05) is 24.3 Å². The first kappa shape index (κ1) is 17.6. The molecule has 6 nitrogen and oxygen atoms in total. The molecule has 3 aromatic carbocycles. The van der Waals surface area contributed by atoms with Gasteiger partial charge >= 0.3 is 0 Å². The van der Waals surface area contributed by atoms with E-state index in [9.17, 15) is 4.79 Å². The van der Waals surface area contributed by atoms with Gasteiger partial charge in [-0.2, -0.15) is 0 Å². The van der Waals surface area contributed by atoms with Gasteiger partial charge in [0.15, 0.2) is 5.58 Å². The quantitative estimate of drug-likeness (QED) is 0.545. The fraction of sp³-hybridized carbons (Fsp3) is 0.0909. The molecular formula is C22H18N2O4. The fourth-order valence-corrected chi connectivity index (χ4v) is 2.88. The molecule has 4 aromatic rings. The lowest BCUT2D eigenvalue weighted by Crippen LogP contribution is -2.11. The topological polar surface area (TPSA) is 73.6 Å². The summed E-state index contributed by atoms with van der Waals surface area (Å²) >= 11 is 0. The molecule has 0 unspecified atom stereocenters. The van der Waals surface area contributed by atoms with Gasteiger partial charge in [-0.3, -0.25) is 4.79 Å². The lowest BCUT2D eigenvalue weighted by molar-refractivity contribution is 0.102. The number of anilines is 1. The highest BCUT2D eigenvalue weighted by Crippen LogP contribution is 2.32. The molecule has 0 saturated heterocycles. The van der Waals surface area contributed by atoms with Crippen LogP contribution < -0.4 is 14.8 Å². The summed E-state index contributed by atoms with van der Waals surface area (Å²) in [5, 5.41) is 2.87. The number of benzene rings is 3. The van der Waals surface area contributed by atoms with E-state index in [0.29, 0.717) is 39.7 Å². The van der Waals surface area contributed by atoms with Gasteiger partial charge in [0, 0.05) is 17.3 Å². The second-order valence-corrected chi connectivity index (χ2v) is 6.08. The average Bonchev–Trinajstić information content (AvgIpc) is 3.17. The summed E-state index contributed by atoms with van der Waals surface area (Å²) in [4.78, 5) is 17.0. The van der Waals surface area contributed by atoms with Gasteiger partial charge in [0.1, 0.15) is 17.0 Å². The van der Waals surface area contributed by atoms with Gasteiger partial charge in [-0.1, -0.05) is 12.1 Å². The minimum Gasteiger partial charge on any atom is -0.497 e. The molecule has 140 valence electrons. The number of carbonyl (C=O) groups excluding carboxylic acids is 1. The predicted molar refractivity (Wildman–Crippen MR) is 107 cm³/mol. The summed E-state index contributed by atoms with van der Waals surface area (Å²) in [6, 6.07) is 19.8. The molecule has 0 saturated carbocycles. The molecule has 1 amide bonds. The molecule has 0 radical (unpaired) electrons. The molecule has 28 heavy (non-hydrogen) atoms. The highest BCUT2D eigenvalue weighted by atomic mass is 16.5. The number of hydrogen-bond acceptors (Lipinski definition) is 5. The molecule has 1 heterocycles. The lowest BCUT2D eigenvalue weighted by atomic mass is 10.2. The van der Waals surface area contributed by atoms with Gasteiger partial charge in [-0.15, -0.1) is 0 Å². The number of nitrogens with one attached hydrogen (secondary N) is 1. The third kappa shape index (κ3) is 3.40. The first-order valence-corrected chi connectivity index (χ1v) is 8.67. The summed E-state index contributed by atoms with van der Waals surface area (Å²) in [6.45, 7) is 0. The number of aromatic nitrogens is 1. The summed E-state index contributed by atoms with van der Waals surface area (Å²) in [7, 11) is 3.19. The highest BCUT2D eigenvalue weighted by molar-refractivity contribution is 6.05. The lowest BCUT2D eigenvalue weighted by Gasteiger charge is -2.06. The van der Waals surface area contributed by atoms with Crippen molar-refractivity contribution in [2.45, 2.75) is 0 Å². The standard InChI is InChI=1S/C22H18N2O4/c1-26-16-10-7-14(8-11-16)21(25)23-15-9-12-18-20(13-15)28-22(24-18)17-5-3-4-6-19(17)27-2/h3-13H,1-2H3,(H,23,25). The number of ether oxygens (including phenoxy) is 2. The van der Waals surface area contributed by atoms with Crippen LogP contribution in [-0.4, -0.2) is 25.1 Å². The Bertz CT molecular complexity index is 1130. The van der Waals surface area contributed by atoms with E-state index in [4.69, 9.17) is 13.9 Å². The Morgan fingerprint density at radius 2 is 1.75 bits per heavy atom. The zero-order chi connectivity index (χ0) is 19.5. The van der Waals surface area contributed by atoms with E-state index in [1.165, 1.54) is 0 Å². The van der Waals surface area contributed by atoms with Crippen LogP contribution in [0, 0.1) is 0 Å². The Labute approximate surface area is 161 Å². The Hall–Kier alpha value is -3.80. The molecule has 0 atom stereocenters. The maximum absolute atomic E-state index is 12.4. The van der Waals surface area contributed by atoms with Gasteiger partial charge in [-0.05, 0) is 48.5 Å². The van der Waals surface area contributed by atoms with Crippen LogP contribution in [0.25, 0.3) is 22.6 Å². The van der Waals surface area contributed by atoms with Crippen molar-refractivity contribution >= 4 is 22.7 Å². The van der Waals surface area contributed by atoms with Crippen molar-refractivity contribution in [3.63, 3.8) is 0 Å². The molecule has 1 aromatic heterocycles. The molecule has 0 aliphatic rings. The zero-order valence-electron chi connectivity index (χ0n) is 15.4. The van der Waals surface area contributed by atoms with Crippen LogP contribution in [0.2, 0.25) is 0 Å². The highest BCUT2D eigenvalue weighted by Gasteiger charge is 2.14. The summed E-state index contributed by atoms with van der Waals surface area (Å²) in [5.74, 6) is 1.63. The van der Waals surface area contributed by atoms with Crippen molar-refractivity contribution in [2.75, 3.05) is 19.5 Å². The third-order valence-corrected chi connectivity index (χ3v) is 4.34. The smallest absolute Gasteiger partial charge is 0.255 e. The zero-order valence-corrected chi connectivity index (χ0v) is 15.4. The van der Waals surface area contributed by atoms with Crippen LogP contribution in [0.3, 0.4) is 0 Å². The maximum atomic E-state index is 12.4. The summed E-state index contributed by atoms with van der Waals surface area (Å²) in [5.41, 5.74) is 3.20. The molecule has 0 aliphatic heterocycles. The Kier molecular flexibility index (Phi) is 4.68. The van der Waals surface area contributed by atoms with Crippen molar-refractivity contribution in [3.8, 4) is 23.0 Å². The monoisotopic (exact) mass is 374 g/mol. The fourth-order valence-electron chi connectivity index (χ4n) is 2.88. The second kappa shape index (κ2) is 7.44. The molecule has 0 spiro atoms. The molecule has 6 heteroatoms. The molecular weight excluding hydrogens is 356 g/mol. The molecule has 1 N–H and O–H groups in total. The average molecular weight is 374 g/mol. The van der Waals surface area contributed by atoms with Gasteiger partial charge in [0.25, 0.3) is 5.91 Å². The van der Waals surface area contributed by atoms with Crippen molar-refractivity contribution in [1.82, 2.24) is 4.98 Å². The molecule has 0 aliphatic carbocycles. The van der Waals surface area contributed by atoms with Gasteiger partial charge in [0.2, 0.25) is 5.89 Å². The second-order valence-electron chi connectivity index (χ2n) is 6.08. The van der Waals surface area contributed by atoms with Crippen molar-refractivity contribution < 1.29 is 18.7 Å². The molecule has 0 bridgehead atoms. The van der Waals surface area contributed by atoms with Crippen molar-refractivity contribution in [1.29, 1.82) is 0 Å². The van der Waals surface area contributed by atoms with E-state index in [2.05, 4.69) is 10.3 Å². The first-order valence-electron chi connectivity index (χ1n) is 8.67. The van der Waals surface area contributed by atoms with Gasteiger partial charge in [0.05, 0.1) is 19.8 Å². The van der Waals surface area contributed by atoms with Crippen LogP contribution in [0.15, 0.2) is 71.1 Å². The van der Waals surface area contributed by atoms with Crippen LogP contribution in [-0.2, 0) is 0 Å². The number of amides is 1. The predicted octanol–water partition coefficient (Wildman–Crippen LogP) is 4.76. The number of nitrogens with zero attached hydrogens (tertiary/aromatic N) is 1. The number of methoxy groups -OCH3 is 2. The number of carbonyl (C=O) groups is 1. The summed E-state index contributed by atoms with van der Waals surface area (Å²) < 4.78 is 16.4. The number of oxazole rings is 1. The van der Waals surface area contributed by atoms with E-state index in [1.54, 1.807) is 56.7 Å². The van der Waals surface area contributed by atoms with Crippen molar-refractivity contribution in [2.24, 2.45) is 0 Å². The largest absolute Gasteiger partial charge is 0.497 e. The maximum Gasteiger partial charge on any atom is 0.255 e. The van der Waals surface area contributed by atoms with E-state index < -0.39 is 0 Å². The minimum atomic E-state index is -0.216. The minimum absolute atomic E-state index is 0.216. The Morgan fingerprint density at radius 1 is 0.964 bits per heavy atom. The number of rotatable bonds is 5. The SMILES string of the molecule is COc1ccc(C(=O)Nc2ccc3nc(-c4ccccc4OC)oc3c2)cc1. The number of fused-ring (bicyclic) bond motifs is 1. The van der Waals surface area contributed by atoms with Crippen molar-refractivity contribution in [3.05, 3.63) is 72.3 Å². The third-order valence-electron chi connectivity index (χ3n) is 4.34. The van der Waals surface area contributed by atoms with Gasteiger partial charge < -0.3 is 19.2 Å².